The number of aliphatic carboxylic acids is 1. The van der Waals surface area contributed by atoms with Gasteiger partial charge in [-0.3, -0.25) is 4.79 Å². The zero-order chi connectivity index (χ0) is 17.0. The van der Waals surface area contributed by atoms with Gasteiger partial charge in [-0.1, -0.05) is 81.9 Å². The smallest absolute Gasteiger partial charge is 0.303 e. The van der Waals surface area contributed by atoms with Crippen LogP contribution in [-0.4, -0.2) is 11.1 Å². The number of hydrogen-bond donors (Lipinski definition) is 1. The van der Waals surface area contributed by atoms with Crippen molar-refractivity contribution >= 4 is 5.97 Å². The predicted molar refractivity (Wildman–Crippen MR) is 101 cm³/mol. The van der Waals surface area contributed by atoms with Crippen molar-refractivity contribution in [1.82, 2.24) is 0 Å². The van der Waals surface area contributed by atoms with Gasteiger partial charge in [0.25, 0.3) is 0 Å². The summed E-state index contributed by atoms with van der Waals surface area (Å²) >= 11 is 0. The van der Waals surface area contributed by atoms with Crippen molar-refractivity contribution in [2.24, 2.45) is 0 Å². The quantitative estimate of drug-likeness (QED) is 0.250. The van der Waals surface area contributed by atoms with Gasteiger partial charge in [-0.15, -0.1) is 0 Å². The van der Waals surface area contributed by atoms with Crippen LogP contribution in [0.25, 0.3) is 0 Å². The molecule has 0 rings (SSSR count). The van der Waals surface area contributed by atoms with Gasteiger partial charge in [-0.05, 0) is 38.5 Å². The van der Waals surface area contributed by atoms with Gasteiger partial charge in [0.1, 0.15) is 0 Å². The molecule has 1 N–H and O–H groups in total. The first kappa shape index (κ1) is 21.7. The Labute approximate surface area is 143 Å². The first-order valence-electron chi connectivity index (χ1n) is 9.44. The van der Waals surface area contributed by atoms with E-state index in [4.69, 9.17) is 5.11 Å². The van der Waals surface area contributed by atoms with E-state index in [-0.39, 0.29) is 0 Å². The molecule has 0 unspecified atom stereocenters. The lowest BCUT2D eigenvalue weighted by Crippen LogP contribution is -1.93. The minimum Gasteiger partial charge on any atom is -0.481 e. The van der Waals surface area contributed by atoms with Gasteiger partial charge < -0.3 is 5.11 Å². The van der Waals surface area contributed by atoms with Crippen LogP contribution in [0.5, 0.6) is 0 Å². The summed E-state index contributed by atoms with van der Waals surface area (Å²) in [6, 6.07) is 0. The molecule has 0 aliphatic carbocycles. The van der Waals surface area contributed by atoms with Crippen LogP contribution in [0, 0.1) is 0 Å². The van der Waals surface area contributed by atoms with Crippen molar-refractivity contribution in [2.45, 2.75) is 90.4 Å². The topological polar surface area (TPSA) is 37.3 Å². The molecule has 0 heterocycles. The van der Waals surface area contributed by atoms with E-state index >= 15 is 0 Å². The number of hydrogen-bond acceptors (Lipinski definition) is 1. The molecule has 0 fully saturated rings. The molecule has 2 nitrogen and oxygen atoms in total. The van der Waals surface area contributed by atoms with Crippen LogP contribution >= 0.6 is 0 Å². The molecule has 0 aliphatic heterocycles. The van der Waals surface area contributed by atoms with Gasteiger partial charge in [-0.2, -0.15) is 0 Å². The monoisotopic (exact) mass is 320 g/mol. The van der Waals surface area contributed by atoms with Crippen LogP contribution in [0.1, 0.15) is 90.4 Å². The lowest BCUT2D eigenvalue weighted by molar-refractivity contribution is -0.137. The molecule has 2 heteroatoms. The van der Waals surface area contributed by atoms with Crippen molar-refractivity contribution in [2.75, 3.05) is 0 Å². The zero-order valence-electron chi connectivity index (χ0n) is 15.0. The highest BCUT2D eigenvalue weighted by Gasteiger charge is 1.96. The molecule has 0 amide bonds. The van der Waals surface area contributed by atoms with Gasteiger partial charge in [-0.25, -0.2) is 0 Å². The molecule has 0 radical (unpaired) electrons. The molecule has 0 aromatic carbocycles. The second kappa shape index (κ2) is 18.7. The van der Waals surface area contributed by atoms with E-state index < -0.39 is 5.97 Å². The number of rotatable bonds is 16. The molecule has 0 aromatic rings. The highest BCUT2D eigenvalue weighted by molar-refractivity contribution is 5.66. The number of carboxylic acid groups (broad SMARTS) is 1. The van der Waals surface area contributed by atoms with Crippen molar-refractivity contribution in [1.29, 1.82) is 0 Å². The Hall–Kier alpha value is -1.31. The summed E-state index contributed by atoms with van der Waals surface area (Å²) in [5, 5.41) is 8.53. The Morgan fingerprint density at radius 3 is 1.74 bits per heavy atom. The van der Waals surface area contributed by atoms with Gasteiger partial charge in [0.2, 0.25) is 0 Å². The first-order chi connectivity index (χ1) is 11.3. The molecule has 132 valence electrons. The fraction of sp³-hybridized carbons (Fsp3) is 0.667. The molecule has 0 aromatic heterocycles. The van der Waals surface area contributed by atoms with Crippen molar-refractivity contribution < 1.29 is 9.90 Å². The maximum Gasteiger partial charge on any atom is 0.303 e. The molecule has 0 aliphatic rings. The second-order valence-electron chi connectivity index (χ2n) is 6.08. The van der Waals surface area contributed by atoms with E-state index in [1.54, 1.807) is 0 Å². The molecular weight excluding hydrogens is 284 g/mol. The first-order valence-corrected chi connectivity index (χ1v) is 9.44. The summed E-state index contributed by atoms with van der Waals surface area (Å²) in [6.45, 7) is 2.20. The summed E-state index contributed by atoms with van der Waals surface area (Å²) in [5.74, 6) is -0.667. The van der Waals surface area contributed by atoms with Gasteiger partial charge in [0.15, 0.2) is 0 Å². The minimum absolute atomic E-state index is 0.328. The van der Waals surface area contributed by atoms with Crippen molar-refractivity contribution in [3.8, 4) is 0 Å². The van der Waals surface area contributed by atoms with Crippen molar-refractivity contribution in [3.63, 3.8) is 0 Å². The number of carboxylic acids is 1. The van der Waals surface area contributed by atoms with Crippen LogP contribution in [-0.2, 0) is 4.79 Å². The van der Waals surface area contributed by atoms with Crippen LogP contribution in [0.3, 0.4) is 0 Å². The van der Waals surface area contributed by atoms with Crippen LogP contribution in [0.15, 0.2) is 36.5 Å². The number of allylic oxidation sites excluding steroid dienone is 6. The SMILES string of the molecule is CCCC=CCC=CCC=CCCCCCCCCCC(=O)O. The molecule has 0 atom stereocenters. The summed E-state index contributed by atoms with van der Waals surface area (Å²) < 4.78 is 0. The van der Waals surface area contributed by atoms with Gasteiger partial charge in [0, 0.05) is 6.42 Å². The van der Waals surface area contributed by atoms with E-state index in [0.717, 1.165) is 25.7 Å². The Kier molecular flexibility index (Phi) is 17.7. The third kappa shape index (κ3) is 20.7. The third-order valence-electron chi connectivity index (χ3n) is 3.76. The Balaban J connectivity index is 3.22. The van der Waals surface area contributed by atoms with E-state index in [1.807, 2.05) is 0 Å². The van der Waals surface area contributed by atoms with E-state index in [2.05, 4.69) is 43.4 Å². The average Bonchev–Trinajstić information content (AvgIpc) is 2.53. The largest absolute Gasteiger partial charge is 0.481 e. The highest BCUT2D eigenvalue weighted by Crippen LogP contribution is 2.10. The van der Waals surface area contributed by atoms with Crippen LogP contribution in [0.2, 0.25) is 0 Å². The third-order valence-corrected chi connectivity index (χ3v) is 3.76. The average molecular weight is 321 g/mol. The Morgan fingerprint density at radius 2 is 1.17 bits per heavy atom. The van der Waals surface area contributed by atoms with Crippen molar-refractivity contribution in [3.05, 3.63) is 36.5 Å². The number of unbranched alkanes of at least 4 members (excludes halogenated alkanes) is 8. The lowest BCUT2D eigenvalue weighted by Gasteiger charge is -2.00. The second-order valence-corrected chi connectivity index (χ2v) is 6.08. The standard InChI is InChI=1S/C21H36O2/c1-2-3-4-5-6-7-8-9-10-11-12-13-14-15-16-17-18-19-20-21(22)23/h4-5,7-8,10-11H,2-3,6,9,12-20H2,1H3,(H,22,23). The maximum absolute atomic E-state index is 10.4. The van der Waals surface area contributed by atoms with Crippen LogP contribution < -0.4 is 0 Å². The normalized spacial score (nSPS) is 12.0. The molecule has 0 bridgehead atoms. The fourth-order valence-corrected chi connectivity index (χ4v) is 2.37. The molecule has 0 spiro atoms. The van der Waals surface area contributed by atoms with Crippen LogP contribution in [0.4, 0.5) is 0 Å². The molecule has 0 saturated heterocycles. The zero-order valence-corrected chi connectivity index (χ0v) is 15.0. The summed E-state index contributed by atoms with van der Waals surface area (Å²) in [6.07, 6.45) is 27.7. The Bertz CT molecular complexity index is 340. The van der Waals surface area contributed by atoms with Gasteiger partial charge >= 0.3 is 5.97 Å². The lowest BCUT2D eigenvalue weighted by atomic mass is 10.1. The number of carbonyl (C=O) groups is 1. The highest BCUT2D eigenvalue weighted by atomic mass is 16.4. The summed E-state index contributed by atoms with van der Waals surface area (Å²) in [7, 11) is 0. The van der Waals surface area contributed by atoms with E-state index in [9.17, 15) is 4.79 Å². The molecule has 0 saturated carbocycles. The Morgan fingerprint density at radius 1 is 0.696 bits per heavy atom. The van der Waals surface area contributed by atoms with E-state index in [1.165, 1.54) is 51.4 Å². The molecular formula is C21H36O2. The maximum atomic E-state index is 10.4. The van der Waals surface area contributed by atoms with E-state index in [0.29, 0.717) is 6.42 Å². The molecule has 23 heavy (non-hydrogen) atoms. The van der Waals surface area contributed by atoms with Gasteiger partial charge in [0.05, 0.1) is 0 Å². The minimum atomic E-state index is -0.667. The summed E-state index contributed by atoms with van der Waals surface area (Å²) in [5.41, 5.74) is 0. The fourth-order valence-electron chi connectivity index (χ4n) is 2.37. The predicted octanol–water partition coefficient (Wildman–Crippen LogP) is 6.83. The summed E-state index contributed by atoms with van der Waals surface area (Å²) in [4.78, 5) is 10.4.